The number of carbonyl (C=O) groups is 1. The third-order valence-corrected chi connectivity index (χ3v) is 5.70. The summed E-state index contributed by atoms with van der Waals surface area (Å²) in [6.45, 7) is 3.58. The van der Waals surface area contributed by atoms with Crippen molar-refractivity contribution < 1.29 is 4.79 Å². The molecule has 1 atom stereocenters. The number of nitrogens with one attached hydrogen (secondary N) is 1. The summed E-state index contributed by atoms with van der Waals surface area (Å²) in [5.74, 6) is -0.244. The van der Waals surface area contributed by atoms with Crippen molar-refractivity contribution in [1.29, 1.82) is 0 Å². The predicted octanol–water partition coefficient (Wildman–Crippen LogP) is 2.46. The van der Waals surface area contributed by atoms with Crippen LogP contribution in [0.1, 0.15) is 12.6 Å². The van der Waals surface area contributed by atoms with Crippen molar-refractivity contribution in [3.8, 4) is 5.69 Å². The van der Waals surface area contributed by atoms with Gasteiger partial charge >= 0.3 is 0 Å². The second-order valence-electron chi connectivity index (χ2n) is 5.39. The van der Waals surface area contributed by atoms with Crippen LogP contribution in [0.4, 0.5) is 5.69 Å². The highest BCUT2D eigenvalue weighted by Gasteiger charge is 2.22. The van der Waals surface area contributed by atoms with Crippen LogP contribution in [0, 0.1) is 6.92 Å². The molecule has 3 aromatic rings. The van der Waals surface area contributed by atoms with E-state index in [1.165, 1.54) is 27.8 Å². The Morgan fingerprint density at radius 1 is 1.32 bits per heavy atom. The Labute approximate surface area is 152 Å². The van der Waals surface area contributed by atoms with E-state index in [9.17, 15) is 9.59 Å². The van der Waals surface area contributed by atoms with Gasteiger partial charge in [0, 0.05) is 7.05 Å². The van der Waals surface area contributed by atoms with E-state index in [-0.39, 0.29) is 11.5 Å². The lowest BCUT2D eigenvalue weighted by molar-refractivity contribution is -0.115. The molecule has 0 aliphatic heterocycles. The Bertz CT molecular complexity index is 932. The number of rotatable bonds is 5. The van der Waals surface area contributed by atoms with Crippen LogP contribution in [-0.2, 0) is 11.8 Å². The number of thioether (sulfide) groups is 1. The molecule has 7 nitrogen and oxygen atoms in total. The second kappa shape index (κ2) is 7.24. The van der Waals surface area contributed by atoms with Crippen LogP contribution < -0.4 is 10.9 Å². The second-order valence-corrected chi connectivity index (χ2v) is 7.81. The molecule has 0 saturated carbocycles. The van der Waals surface area contributed by atoms with E-state index >= 15 is 0 Å². The molecule has 0 unspecified atom stereocenters. The fourth-order valence-electron chi connectivity index (χ4n) is 2.36. The molecular formula is C16H17N5O2S2. The molecule has 3 rings (SSSR count). The molecule has 0 aliphatic rings. The summed E-state index contributed by atoms with van der Waals surface area (Å²) in [4.78, 5) is 25.3. The molecule has 25 heavy (non-hydrogen) atoms. The third kappa shape index (κ3) is 3.52. The van der Waals surface area contributed by atoms with Gasteiger partial charge in [-0.05, 0) is 26.0 Å². The molecule has 0 saturated heterocycles. The zero-order valence-electron chi connectivity index (χ0n) is 14.0. The molecule has 9 heteroatoms. The Hall–Kier alpha value is -2.39. The molecule has 0 radical (unpaired) electrons. The zero-order valence-corrected chi connectivity index (χ0v) is 15.6. The van der Waals surface area contributed by atoms with E-state index in [1.807, 2.05) is 30.3 Å². The van der Waals surface area contributed by atoms with Gasteiger partial charge in [-0.1, -0.05) is 41.3 Å². The lowest BCUT2D eigenvalue weighted by Gasteiger charge is -2.09. The molecule has 1 aromatic carbocycles. The number of benzene rings is 1. The minimum Gasteiger partial charge on any atom is -0.319 e. The fourth-order valence-corrected chi connectivity index (χ4v) is 3.98. The number of hydrogen-bond donors (Lipinski definition) is 1. The summed E-state index contributed by atoms with van der Waals surface area (Å²) in [6, 6.07) is 9.31. The van der Waals surface area contributed by atoms with Crippen LogP contribution in [0.3, 0.4) is 0 Å². The average molecular weight is 375 g/mol. The van der Waals surface area contributed by atoms with Crippen LogP contribution >= 0.6 is 23.1 Å². The van der Waals surface area contributed by atoms with Crippen molar-refractivity contribution in [2.45, 2.75) is 23.4 Å². The minimum absolute atomic E-state index is 0.244. The van der Waals surface area contributed by atoms with Gasteiger partial charge in [0.2, 0.25) is 5.91 Å². The van der Waals surface area contributed by atoms with Crippen LogP contribution in [0.15, 0.2) is 45.0 Å². The van der Waals surface area contributed by atoms with E-state index < -0.39 is 5.25 Å². The number of anilines is 1. The molecule has 1 amide bonds. The lowest BCUT2D eigenvalue weighted by atomic mass is 10.3. The van der Waals surface area contributed by atoms with Crippen molar-refractivity contribution in [3.63, 3.8) is 0 Å². The molecule has 2 aromatic heterocycles. The van der Waals surface area contributed by atoms with Crippen LogP contribution in [0.25, 0.3) is 5.69 Å². The van der Waals surface area contributed by atoms with Gasteiger partial charge in [0.05, 0.1) is 16.6 Å². The summed E-state index contributed by atoms with van der Waals surface area (Å²) < 4.78 is 3.98. The lowest BCUT2D eigenvalue weighted by Crippen LogP contribution is -2.27. The first-order valence-corrected chi connectivity index (χ1v) is 9.32. The van der Waals surface area contributed by atoms with Crippen LogP contribution in [0.2, 0.25) is 0 Å². The van der Waals surface area contributed by atoms with Crippen molar-refractivity contribution >= 4 is 34.7 Å². The zero-order chi connectivity index (χ0) is 18.0. The van der Waals surface area contributed by atoms with Gasteiger partial charge in [-0.2, -0.15) is 0 Å². The summed E-state index contributed by atoms with van der Waals surface area (Å²) >= 11 is 2.69. The van der Waals surface area contributed by atoms with Crippen LogP contribution in [0.5, 0.6) is 0 Å². The van der Waals surface area contributed by atoms with Gasteiger partial charge in [0.25, 0.3) is 5.56 Å². The monoisotopic (exact) mass is 375 g/mol. The fraction of sp³-hybridized carbons (Fsp3) is 0.250. The largest absolute Gasteiger partial charge is 0.319 e. The first kappa shape index (κ1) is 17.4. The van der Waals surface area contributed by atoms with Crippen molar-refractivity contribution in [1.82, 2.24) is 19.6 Å². The minimum atomic E-state index is -0.392. The molecule has 0 fully saturated rings. The molecule has 0 aliphatic carbocycles. The van der Waals surface area contributed by atoms with Gasteiger partial charge in [0.15, 0.2) is 4.34 Å². The predicted molar refractivity (Wildman–Crippen MR) is 99.6 cm³/mol. The maximum Gasteiger partial charge on any atom is 0.295 e. The van der Waals surface area contributed by atoms with Crippen molar-refractivity contribution in [2.75, 3.05) is 5.32 Å². The maximum atomic E-state index is 12.8. The molecule has 0 spiro atoms. The molecule has 130 valence electrons. The Morgan fingerprint density at radius 3 is 2.68 bits per heavy atom. The Kier molecular flexibility index (Phi) is 5.05. The SMILES string of the molecule is Cc1c(NC(=O)[C@@H](C)Sc2nncs2)c(=O)n(-c2ccccc2)n1C. The number of aromatic nitrogens is 4. The number of hydrogen-bond acceptors (Lipinski definition) is 6. The van der Waals surface area contributed by atoms with Gasteiger partial charge < -0.3 is 5.32 Å². The maximum absolute atomic E-state index is 12.8. The van der Waals surface area contributed by atoms with Crippen molar-refractivity contribution in [2.24, 2.45) is 7.05 Å². The summed E-state index contributed by atoms with van der Waals surface area (Å²) in [6.07, 6.45) is 0. The highest BCUT2D eigenvalue weighted by atomic mass is 32.2. The Morgan fingerprint density at radius 2 is 2.04 bits per heavy atom. The van der Waals surface area contributed by atoms with Gasteiger partial charge in [-0.3, -0.25) is 14.3 Å². The Balaban J connectivity index is 1.86. The van der Waals surface area contributed by atoms with Gasteiger partial charge in [-0.25, -0.2) is 4.68 Å². The smallest absolute Gasteiger partial charge is 0.295 e. The van der Waals surface area contributed by atoms with E-state index in [0.29, 0.717) is 15.7 Å². The molecular weight excluding hydrogens is 358 g/mol. The molecule has 1 N–H and O–H groups in total. The number of amides is 1. The van der Waals surface area contributed by atoms with E-state index in [4.69, 9.17) is 0 Å². The molecule has 0 bridgehead atoms. The quantitative estimate of drug-likeness (QED) is 0.693. The summed E-state index contributed by atoms with van der Waals surface area (Å²) in [5.41, 5.74) is 3.09. The molecule has 2 heterocycles. The van der Waals surface area contributed by atoms with Gasteiger partial charge in [-0.15, -0.1) is 10.2 Å². The van der Waals surface area contributed by atoms with Crippen molar-refractivity contribution in [3.05, 3.63) is 51.9 Å². The highest BCUT2D eigenvalue weighted by Crippen LogP contribution is 2.25. The number of nitrogens with zero attached hydrogens (tertiary/aromatic N) is 4. The topological polar surface area (TPSA) is 81.8 Å². The normalized spacial score (nSPS) is 12.1. The highest BCUT2D eigenvalue weighted by molar-refractivity contribution is 8.02. The van der Waals surface area contributed by atoms with E-state index in [1.54, 1.807) is 31.1 Å². The summed E-state index contributed by atoms with van der Waals surface area (Å²) in [5, 5.41) is 10.0. The number of para-hydroxylation sites is 1. The standard InChI is InChI=1S/C16H17N5O2S2/c1-10-13(18-14(22)11(2)25-16-19-17-9-24-16)15(23)21(20(10)3)12-7-5-4-6-8-12/h4-9,11H,1-3H3,(H,18,22)/t11-/m1/s1. The van der Waals surface area contributed by atoms with Gasteiger partial charge in [0.1, 0.15) is 11.2 Å². The van der Waals surface area contributed by atoms with E-state index in [0.717, 1.165) is 5.69 Å². The van der Waals surface area contributed by atoms with Crippen LogP contribution in [-0.4, -0.2) is 30.7 Å². The first-order valence-electron chi connectivity index (χ1n) is 7.56. The average Bonchev–Trinajstić information content (AvgIpc) is 3.18. The third-order valence-electron chi connectivity index (χ3n) is 3.79. The van der Waals surface area contributed by atoms with E-state index in [2.05, 4.69) is 15.5 Å². The number of carbonyl (C=O) groups excluding carboxylic acids is 1. The summed E-state index contributed by atoms with van der Waals surface area (Å²) in [7, 11) is 1.79. The first-order chi connectivity index (χ1) is 12.0.